The molecule has 3 rings (SSSR count). The quantitative estimate of drug-likeness (QED) is 0.674. The lowest BCUT2D eigenvalue weighted by molar-refractivity contribution is -0.137. The highest BCUT2D eigenvalue weighted by Gasteiger charge is 2.39. The summed E-state index contributed by atoms with van der Waals surface area (Å²) in [6, 6.07) is 10.9. The molecule has 1 aliphatic rings. The predicted molar refractivity (Wildman–Crippen MR) is 115 cm³/mol. The third-order valence-corrected chi connectivity index (χ3v) is 5.15. The Kier molecular flexibility index (Phi) is 6.42. The second kappa shape index (κ2) is 9.00. The molecule has 0 saturated carbocycles. The average molecular weight is 410 g/mol. The van der Waals surface area contributed by atoms with Crippen LogP contribution in [0.4, 0.5) is 5.69 Å². The number of rotatable bonds is 8. The predicted octanol–water partition coefficient (Wildman–Crippen LogP) is 3.16. The van der Waals surface area contributed by atoms with Crippen LogP contribution in [0.3, 0.4) is 0 Å². The van der Waals surface area contributed by atoms with Gasteiger partial charge in [-0.3, -0.25) is 14.5 Å². The summed E-state index contributed by atoms with van der Waals surface area (Å²) in [5, 5.41) is 3.13. The lowest BCUT2D eigenvalue weighted by Gasteiger charge is -2.15. The molecular weight excluding hydrogens is 384 g/mol. The van der Waals surface area contributed by atoms with Crippen LogP contribution in [0, 0.1) is 13.8 Å². The molecule has 1 N–H and O–H groups in total. The van der Waals surface area contributed by atoms with Gasteiger partial charge in [-0.1, -0.05) is 18.2 Å². The lowest BCUT2D eigenvalue weighted by Crippen LogP contribution is -2.35. The summed E-state index contributed by atoms with van der Waals surface area (Å²) in [7, 11) is 4.63. The van der Waals surface area contributed by atoms with E-state index in [-0.39, 0.29) is 24.8 Å². The first-order chi connectivity index (χ1) is 14.4. The van der Waals surface area contributed by atoms with Crippen molar-refractivity contribution in [3.63, 3.8) is 0 Å². The molecule has 1 heterocycles. The molecule has 0 radical (unpaired) electrons. The fourth-order valence-corrected chi connectivity index (χ4v) is 3.28. The number of hydrogen-bond donors (Lipinski definition) is 1. The van der Waals surface area contributed by atoms with E-state index in [2.05, 4.69) is 5.32 Å². The number of amides is 2. The monoisotopic (exact) mass is 410 g/mol. The minimum atomic E-state index is -0.400. The Morgan fingerprint density at radius 2 is 1.67 bits per heavy atom. The average Bonchev–Trinajstić information content (AvgIpc) is 2.98. The highest BCUT2D eigenvalue weighted by atomic mass is 16.5. The van der Waals surface area contributed by atoms with Gasteiger partial charge >= 0.3 is 0 Å². The van der Waals surface area contributed by atoms with Crippen molar-refractivity contribution in [3.8, 4) is 11.5 Å². The molecule has 158 valence electrons. The minimum absolute atomic E-state index is 0.174. The van der Waals surface area contributed by atoms with E-state index in [0.29, 0.717) is 28.3 Å². The summed E-state index contributed by atoms with van der Waals surface area (Å²) < 4.78 is 15.7. The molecule has 30 heavy (non-hydrogen) atoms. The number of aryl methyl sites for hydroxylation is 2. The molecule has 7 heteroatoms. The Hall–Kier alpha value is -3.32. The molecule has 0 fully saturated rings. The van der Waals surface area contributed by atoms with E-state index in [9.17, 15) is 9.59 Å². The normalized spacial score (nSPS) is 13.8. The zero-order chi connectivity index (χ0) is 21.8. The van der Waals surface area contributed by atoms with Crippen molar-refractivity contribution in [2.75, 3.05) is 39.8 Å². The smallest absolute Gasteiger partial charge is 0.278 e. The van der Waals surface area contributed by atoms with Crippen LogP contribution in [-0.4, -0.2) is 51.2 Å². The molecule has 0 saturated heterocycles. The summed E-state index contributed by atoms with van der Waals surface area (Å²) in [5.41, 5.74) is 3.94. The van der Waals surface area contributed by atoms with Gasteiger partial charge in [-0.05, 0) is 42.7 Å². The van der Waals surface area contributed by atoms with Crippen molar-refractivity contribution in [2.45, 2.75) is 13.8 Å². The molecule has 0 unspecified atom stereocenters. The SMILES string of the molecule is COCCN1C(=O)C(Nc2ccc(OC)cc2OC)=C(c2ccc(C)c(C)c2)C1=O. The number of nitrogens with one attached hydrogen (secondary N) is 1. The van der Waals surface area contributed by atoms with Crippen molar-refractivity contribution in [1.29, 1.82) is 0 Å². The molecule has 0 bridgehead atoms. The van der Waals surface area contributed by atoms with E-state index >= 15 is 0 Å². The first-order valence-electron chi connectivity index (χ1n) is 9.57. The van der Waals surface area contributed by atoms with E-state index in [0.717, 1.165) is 11.1 Å². The summed E-state index contributed by atoms with van der Waals surface area (Å²) in [6.45, 7) is 4.41. The Labute approximate surface area is 176 Å². The van der Waals surface area contributed by atoms with Gasteiger partial charge in [0.1, 0.15) is 17.2 Å². The van der Waals surface area contributed by atoms with Crippen molar-refractivity contribution >= 4 is 23.1 Å². The van der Waals surface area contributed by atoms with Crippen LogP contribution < -0.4 is 14.8 Å². The Morgan fingerprint density at radius 1 is 0.900 bits per heavy atom. The van der Waals surface area contributed by atoms with Crippen LogP contribution in [0.15, 0.2) is 42.1 Å². The maximum absolute atomic E-state index is 13.2. The van der Waals surface area contributed by atoms with Crippen LogP contribution >= 0.6 is 0 Å². The van der Waals surface area contributed by atoms with Gasteiger partial charge in [0.25, 0.3) is 11.8 Å². The van der Waals surface area contributed by atoms with Crippen molar-refractivity contribution in [1.82, 2.24) is 4.90 Å². The van der Waals surface area contributed by atoms with Crippen LogP contribution in [0.25, 0.3) is 5.57 Å². The molecule has 2 amide bonds. The fourth-order valence-electron chi connectivity index (χ4n) is 3.28. The molecule has 0 aliphatic carbocycles. The molecule has 0 aromatic heterocycles. The van der Waals surface area contributed by atoms with E-state index < -0.39 is 5.91 Å². The van der Waals surface area contributed by atoms with E-state index in [4.69, 9.17) is 14.2 Å². The van der Waals surface area contributed by atoms with Crippen molar-refractivity contribution in [3.05, 3.63) is 58.8 Å². The zero-order valence-electron chi connectivity index (χ0n) is 17.9. The highest BCUT2D eigenvalue weighted by molar-refractivity contribution is 6.36. The number of anilines is 1. The molecule has 7 nitrogen and oxygen atoms in total. The first kappa shape index (κ1) is 21.4. The Morgan fingerprint density at radius 3 is 2.30 bits per heavy atom. The molecular formula is C23H26N2O5. The Balaban J connectivity index is 2.09. The van der Waals surface area contributed by atoms with Crippen LogP contribution in [0.2, 0.25) is 0 Å². The number of ether oxygens (including phenoxy) is 3. The largest absolute Gasteiger partial charge is 0.497 e. The van der Waals surface area contributed by atoms with Gasteiger partial charge in [-0.2, -0.15) is 0 Å². The van der Waals surface area contributed by atoms with Gasteiger partial charge in [-0.15, -0.1) is 0 Å². The maximum atomic E-state index is 13.2. The fraction of sp³-hybridized carbons (Fsp3) is 0.304. The van der Waals surface area contributed by atoms with Crippen molar-refractivity contribution < 1.29 is 23.8 Å². The van der Waals surface area contributed by atoms with Gasteiger partial charge in [-0.25, -0.2) is 0 Å². The second-order valence-electron chi connectivity index (χ2n) is 6.99. The van der Waals surface area contributed by atoms with Crippen LogP contribution in [0.1, 0.15) is 16.7 Å². The minimum Gasteiger partial charge on any atom is -0.497 e. The van der Waals surface area contributed by atoms with Gasteiger partial charge in [0.2, 0.25) is 0 Å². The summed E-state index contributed by atoms with van der Waals surface area (Å²) in [4.78, 5) is 27.5. The summed E-state index contributed by atoms with van der Waals surface area (Å²) in [6.07, 6.45) is 0. The summed E-state index contributed by atoms with van der Waals surface area (Å²) in [5.74, 6) is 0.367. The topological polar surface area (TPSA) is 77.1 Å². The van der Waals surface area contributed by atoms with E-state index in [1.54, 1.807) is 25.3 Å². The number of carbonyl (C=O) groups is 2. The van der Waals surface area contributed by atoms with E-state index in [1.807, 2.05) is 32.0 Å². The number of imide groups is 1. The van der Waals surface area contributed by atoms with Crippen LogP contribution in [-0.2, 0) is 14.3 Å². The number of hydrogen-bond acceptors (Lipinski definition) is 6. The summed E-state index contributed by atoms with van der Waals surface area (Å²) >= 11 is 0. The standard InChI is InChI=1S/C23H26N2O5/c1-14-6-7-16(12-15(14)2)20-21(23(27)25(22(20)26)10-11-28-3)24-18-9-8-17(29-4)13-19(18)30-5/h6-9,12-13,24H,10-11H2,1-5H3. The number of benzene rings is 2. The zero-order valence-corrected chi connectivity index (χ0v) is 17.9. The van der Waals surface area contributed by atoms with Crippen LogP contribution in [0.5, 0.6) is 11.5 Å². The lowest BCUT2D eigenvalue weighted by atomic mass is 9.99. The van der Waals surface area contributed by atoms with Gasteiger partial charge in [0, 0.05) is 13.2 Å². The van der Waals surface area contributed by atoms with Gasteiger partial charge in [0.05, 0.1) is 38.6 Å². The maximum Gasteiger partial charge on any atom is 0.278 e. The number of methoxy groups -OCH3 is 3. The number of nitrogens with zero attached hydrogens (tertiary/aromatic N) is 1. The number of carbonyl (C=O) groups excluding carboxylic acids is 2. The Bertz CT molecular complexity index is 1010. The third-order valence-electron chi connectivity index (χ3n) is 5.15. The molecule has 2 aromatic rings. The van der Waals surface area contributed by atoms with Crippen molar-refractivity contribution in [2.24, 2.45) is 0 Å². The van der Waals surface area contributed by atoms with Gasteiger partial charge in [0.15, 0.2) is 0 Å². The second-order valence-corrected chi connectivity index (χ2v) is 6.99. The molecule has 0 atom stereocenters. The third kappa shape index (κ3) is 4.02. The van der Waals surface area contributed by atoms with Gasteiger partial charge < -0.3 is 19.5 Å². The highest BCUT2D eigenvalue weighted by Crippen LogP contribution is 2.35. The first-order valence-corrected chi connectivity index (χ1v) is 9.57. The molecule has 2 aromatic carbocycles. The molecule has 0 spiro atoms. The van der Waals surface area contributed by atoms with E-state index in [1.165, 1.54) is 19.1 Å². The molecule has 1 aliphatic heterocycles.